The molecule has 2 N–H and O–H groups in total. The normalized spacial score (nSPS) is 21.7. The maximum atomic E-state index is 13.3. The predicted molar refractivity (Wildman–Crippen MR) is 150 cm³/mol. The van der Waals surface area contributed by atoms with Gasteiger partial charge in [-0.1, -0.05) is 56.5 Å². The summed E-state index contributed by atoms with van der Waals surface area (Å²) in [6.45, 7) is 7.53. The van der Waals surface area contributed by atoms with Gasteiger partial charge < -0.3 is 15.5 Å². The number of para-hydroxylation sites is 1. The smallest absolute Gasteiger partial charge is 0.272 e. The molecule has 1 spiro atoms. The van der Waals surface area contributed by atoms with Gasteiger partial charge in [0.2, 0.25) is 5.91 Å². The van der Waals surface area contributed by atoms with Gasteiger partial charge in [-0.15, -0.1) is 0 Å². The highest BCUT2D eigenvalue weighted by Gasteiger charge is 2.50. The van der Waals surface area contributed by atoms with Gasteiger partial charge in [0.25, 0.3) is 5.91 Å². The zero-order chi connectivity index (χ0) is 25.8. The molecule has 1 unspecified atom stereocenters. The van der Waals surface area contributed by atoms with Crippen LogP contribution < -0.4 is 10.6 Å². The summed E-state index contributed by atoms with van der Waals surface area (Å²) in [4.78, 5) is 32.7. The number of anilines is 2. The van der Waals surface area contributed by atoms with E-state index in [9.17, 15) is 9.59 Å². The first-order chi connectivity index (χ1) is 18.0. The molecule has 6 nitrogen and oxygen atoms in total. The minimum Gasteiger partial charge on any atom is -0.356 e. The first-order valence-electron chi connectivity index (χ1n) is 13.5. The van der Waals surface area contributed by atoms with Crippen molar-refractivity contribution in [2.75, 3.05) is 23.7 Å². The fourth-order valence-electron chi connectivity index (χ4n) is 5.95. The molecule has 0 aromatic heterocycles. The minimum atomic E-state index is -0.533. The van der Waals surface area contributed by atoms with E-state index in [4.69, 9.17) is 0 Å². The molecule has 2 aliphatic heterocycles. The number of rotatable bonds is 5. The molecular weight excluding hydrogens is 460 g/mol. The standard InChI is InChI=1S/C31H36N4O2/c1-3-32-28(29(36)35-16-10-6-4-5-7-11-17-35)18-22(2)33-25-15-14-23-20-31(21-24(23)19-25)26-12-8-9-13-27(26)34-30(31)37/h3,8-9,12-15,18-19,33H,2,4-7,10-11,16-17,20-21H2,1H3,(H,34,37)/b28-18-,32-3?. The van der Waals surface area contributed by atoms with Gasteiger partial charge in [0.15, 0.2) is 0 Å². The summed E-state index contributed by atoms with van der Waals surface area (Å²) in [5.41, 5.74) is 5.72. The number of benzene rings is 2. The maximum Gasteiger partial charge on any atom is 0.272 e. The lowest BCUT2D eigenvalue weighted by Crippen LogP contribution is -2.35. The van der Waals surface area contributed by atoms with Crippen molar-refractivity contribution in [3.05, 3.63) is 83.2 Å². The molecule has 192 valence electrons. The number of carbonyl (C=O) groups is 2. The fourth-order valence-corrected chi connectivity index (χ4v) is 5.95. The third-order valence-electron chi connectivity index (χ3n) is 7.81. The van der Waals surface area contributed by atoms with Gasteiger partial charge in [0.05, 0.1) is 5.41 Å². The van der Waals surface area contributed by atoms with Crippen LogP contribution in [0.3, 0.4) is 0 Å². The minimum absolute atomic E-state index is 0.0373. The van der Waals surface area contributed by atoms with Crippen molar-refractivity contribution in [3.63, 3.8) is 0 Å². The summed E-state index contributed by atoms with van der Waals surface area (Å²) in [5.74, 6) is 0.0389. The molecule has 1 saturated heterocycles. The Morgan fingerprint density at radius 1 is 1.03 bits per heavy atom. The van der Waals surface area contributed by atoms with Crippen LogP contribution in [0.5, 0.6) is 0 Å². The number of amides is 2. The molecule has 0 radical (unpaired) electrons. The highest BCUT2D eigenvalue weighted by molar-refractivity contribution is 6.07. The van der Waals surface area contributed by atoms with Crippen LogP contribution in [0.25, 0.3) is 0 Å². The Kier molecular flexibility index (Phi) is 7.26. The van der Waals surface area contributed by atoms with Crippen molar-refractivity contribution in [1.29, 1.82) is 0 Å². The van der Waals surface area contributed by atoms with Gasteiger partial charge in [-0.25, -0.2) is 0 Å². The number of hydrogen-bond acceptors (Lipinski definition) is 4. The molecule has 1 fully saturated rings. The van der Waals surface area contributed by atoms with Crippen molar-refractivity contribution in [2.45, 2.75) is 63.7 Å². The molecule has 0 saturated carbocycles. The number of fused-ring (bicyclic) bond motifs is 3. The molecule has 5 rings (SSSR count). The van der Waals surface area contributed by atoms with Crippen LogP contribution in [0.4, 0.5) is 11.4 Å². The number of nitrogens with zero attached hydrogens (tertiary/aromatic N) is 2. The molecule has 2 aromatic rings. The van der Waals surface area contributed by atoms with E-state index in [1.165, 1.54) is 31.2 Å². The number of nitrogens with one attached hydrogen (secondary N) is 2. The van der Waals surface area contributed by atoms with E-state index in [2.05, 4.69) is 40.4 Å². The second kappa shape index (κ2) is 10.8. The van der Waals surface area contributed by atoms with E-state index >= 15 is 0 Å². The van der Waals surface area contributed by atoms with Gasteiger partial charge in [0, 0.05) is 36.4 Å². The Hall–Kier alpha value is -3.67. The van der Waals surface area contributed by atoms with Gasteiger partial charge >= 0.3 is 0 Å². The molecule has 2 heterocycles. The van der Waals surface area contributed by atoms with Gasteiger partial charge in [0.1, 0.15) is 5.70 Å². The fraction of sp³-hybridized carbons (Fsp3) is 0.387. The van der Waals surface area contributed by atoms with E-state index in [1.807, 2.05) is 36.1 Å². The summed E-state index contributed by atoms with van der Waals surface area (Å²) < 4.78 is 0. The average molecular weight is 497 g/mol. The molecule has 1 atom stereocenters. The third kappa shape index (κ3) is 5.10. The van der Waals surface area contributed by atoms with Crippen LogP contribution in [-0.4, -0.2) is 36.0 Å². The topological polar surface area (TPSA) is 73.8 Å². The highest BCUT2D eigenvalue weighted by atomic mass is 16.2. The van der Waals surface area contributed by atoms with Crippen molar-refractivity contribution >= 4 is 29.4 Å². The third-order valence-corrected chi connectivity index (χ3v) is 7.81. The lowest BCUT2D eigenvalue weighted by Gasteiger charge is -2.22. The Morgan fingerprint density at radius 2 is 1.73 bits per heavy atom. The van der Waals surface area contributed by atoms with Crippen molar-refractivity contribution in [1.82, 2.24) is 4.90 Å². The van der Waals surface area contributed by atoms with Crippen LogP contribution in [0.15, 0.2) is 71.5 Å². The lowest BCUT2D eigenvalue weighted by atomic mass is 9.79. The molecule has 2 aromatic carbocycles. The molecular formula is C31H36N4O2. The SMILES string of the molecule is C=C(/C=C(\N=CC)C(=O)N1CCCCCCCC1)Nc1ccc2c(c1)CC1(C2)C(=O)Nc2ccccc21. The van der Waals surface area contributed by atoms with Gasteiger partial charge in [-0.05, 0) is 73.6 Å². The summed E-state index contributed by atoms with van der Waals surface area (Å²) in [5, 5.41) is 6.41. The van der Waals surface area contributed by atoms with E-state index < -0.39 is 5.41 Å². The highest BCUT2D eigenvalue weighted by Crippen LogP contribution is 2.47. The second-order valence-electron chi connectivity index (χ2n) is 10.4. The first kappa shape index (κ1) is 25.0. The van der Waals surface area contributed by atoms with Crippen molar-refractivity contribution < 1.29 is 9.59 Å². The Morgan fingerprint density at radius 3 is 2.49 bits per heavy atom. The number of hydrogen-bond donors (Lipinski definition) is 2. The van der Waals surface area contributed by atoms with Crippen molar-refractivity contribution in [2.24, 2.45) is 4.99 Å². The molecule has 2 amide bonds. The van der Waals surface area contributed by atoms with Crippen LogP contribution in [0, 0.1) is 0 Å². The monoisotopic (exact) mass is 496 g/mol. The summed E-state index contributed by atoms with van der Waals surface area (Å²) >= 11 is 0. The lowest BCUT2D eigenvalue weighted by molar-refractivity contribution is -0.127. The van der Waals surface area contributed by atoms with Crippen LogP contribution in [0.2, 0.25) is 0 Å². The number of allylic oxidation sites excluding steroid dienone is 1. The molecule has 6 heteroatoms. The zero-order valence-electron chi connectivity index (χ0n) is 21.7. The van der Waals surface area contributed by atoms with Crippen LogP contribution in [0.1, 0.15) is 62.1 Å². The molecule has 1 aliphatic carbocycles. The van der Waals surface area contributed by atoms with Gasteiger partial charge in [-0.2, -0.15) is 0 Å². The van der Waals surface area contributed by atoms with Crippen molar-refractivity contribution in [3.8, 4) is 0 Å². The molecule has 3 aliphatic rings. The second-order valence-corrected chi connectivity index (χ2v) is 10.4. The summed E-state index contributed by atoms with van der Waals surface area (Å²) in [6.07, 6.45) is 11.7. The van der Waals surface area contributed by atoms with E-state index in [1.54, 1.807) is 12.3 Å². The van der Waals surface area contributed by atoms with E-state index in [-0.39, 0.29) is 11.8 Å². The number of aliphatic imine (C=N–C) groups is 1. The Balaban J connectivity index is 1.31. The molecule has 0 bridgehead atoms. The quantitative estimate of drug-likeness (QED) is 0.314. The van der Waals surface area contributed by atoms with E-state index in [0.29, 0.717) is 24.2 Å². The maximum absolute atomic E-state index is 13.3. The van der Waals surface area contributed by atoms with Crippen LogP contribution in [-0.2, 0) is 27.8 Å². The van der Waals surface area contributed by atoms with Crippen LogP contribution >= 0.6 is 0 Å². The zero-order valence-corrected chi connectivity index (χ0v) is 21.7. The Bertz CT molecular complexity index is 1270. The predicted octanol–water partition coefficient (Wildman–Crippen LogP) is 5.76. The molecule has 37 heavy (non-hydrogen) atoms. The number of carbonyl (C=O) groups excluding carboxylic acids is 2. The van der Waals surface area contributed by atoms with Gasteiger partial charge in [-0.3, -0.25) is 14.6 Å². The average Bonchev–Trinajstić information content (AvgIpc) is 3.44. The largest absolute Gasteiger partial charge is 0.356 e. The summed E-state index contributed by atoms with van der Waals surface area (Å²) in [7, 11) is 0. The summed E-state index contributed by atoms with van der Waals surface area (Å²) in [6, 6.07) is 14.2. The van der Waals surface area contributed by atoms with E-state index in [0.717, 1.165) is 48.4 Å². The first-order valence-corrected chi connectivity index (χ1v) is 13.5. The Labute approximate surface area is 219 Å².